The van der Waals surface area contributed by atoms with Crippen molar-refractivity contribution in [2.24, 2.45) is 5.92 Å². The average Bonchev–Trinajstić information content (AvgIpc) is 3.76. The zero-order valence-electron chi connectivity index (χ0n) is 23.5. The summed E-state index contributed by atoms with van der Waals surface area (Å²) in [4.78, 5) is 2.36. The van der Waals surface area contributed by atoms with Crippen molar-refractivity contribution in [3.63, 3.8) is 0 Å². The number of nitrogens with one attached hydrogen (secondary N) is 1. The Morgan fingerprint density at radius 1 is 1.05 bits per heavy atom. The number of anilines is 1. The molecular formula is C31H44N2O6. The van der Waals surface area contributed by atoms with Crippen LogP contribution >= 0.6 is 0 Å². The quantitative estimate of drug-likeness (QED) is 0.374. The molecule has 0 amide bonds. The zero-order chi connectivity index (χ0) is 27.2. The Hall–Kier alpha value is -2.20. The number of rotatable bonds is 13. The van der Waals surface area contributed by atoms with Gasteiger partial charge in [0.2, 0.25) is 0 Å². The van der Waals surface area contributed by atoms with Crippen LogP contribution in [0.4, 0.5) is 5.69 Å². The van der Waals surface area contributed by atoms with Gasteiger partial charge >= 0.3 is 0 Å². The molecule has 214 valence electrons. The van der Waals surface area contributed by atoms with Crippen molar-refractivity contribution in [1.29, 1.82) is 0 Å². The summed E-state index contributed by atoms with van der Waals surface area (Å²) in [6, 6.07) is 14.7. The fraction of sp³-hybridized carbons (Fsp3) is 0.613. The molecular weight excluding hydrogens is 496 g/mol. The van der Waals surface area contributed by atoms with Crippen LogP contribution in [0.3, 0.4) is 0 Å². The molecule has 1 aliphatic carbocycles. The molecule has 0 bridgehead atoms. The van der Waals surface area contributed by atoms with Crippen LogP contribution in [-0.2, 0) is 32.2 Å². The van der Waals surface area contributed by atoms with E-state index in [1.807, 2.05) is 6.07 Å². The third-order valence-corrected chi connectivity index (χ3v) is 8.30. The minimum Gasteiger partial charge on any atom is -0.490 e. The smallest absolute Gasteiger partial charge is 0.142 e. The van der Waals surface area contributed by atoms with Gasteiger partial charge in [0, 0.05) is 52.3 Å². The lowest BCUT2D eigenvalue weighted by molar-refractivity contribution is -0.0328. The predicted molar refractivity (Wildman–Crippen MR) is 150 cm³/mol. The molecule has 2 aliphatic heterocycles. The number of hydrogen-bond acceptors (Lipinski definition) is 8. The standard InChI is InChI=1S/C31H44N2O6/c1-21(25-16-29(25)36-3)38-19-22-5-8-24(9-6-22)31-27(34)17-32-18-30(31)39-20-23-7-10-28-26(15-23)33(12-14-37-28)11-4-13-35-2/h5-10,15,21,25,27,29-32,34H,4,11-14,16-20H2,1-3H3/t21?,25?,27-,29+,30+,31+/m1/s1. The summed E-state index contributed by atoms with van der Waals surface area (Å²) >= 11 is 0. The summed E-state index contributed by atoms with van der Waals surface area (Å²) in [6.07, 6.45) is 1.93. The Morgan fingerprint density at radius 2 is 1.87 bits per heavy atom. The van der Waals surface area contributed by atoms with Crippen LogP contribution in [0.1, 0.15) is 42.4 Å². The van der Waals surface area contributed by atoms with Crippen LogP contribution in [0.2, 0.25) is 0 Å². The molecule has 2 heterocycles. The third-order valence-electron chi connectivity index (χ3n) is 8.30. The first kappa shape index (κ1) is 28.3. The highest BCUT2D eigenvalue weighted by atomic mass is 16.5. The summed E-state index contributed by atoms with van der Waals surface area (Å²) in [5, 5.41) is 14.3. The fourth-order valence-electron chi connectivity index (χ4n) is 5.86. The second-order valence-electron chi connectivity index (χ2n) is 11.0. The Kier molecular flexibility index (Phi) is 9.76. The number of β-amino-alcohol motifs (C(OH)–C–C–N with tert-alkyl or cyclic N) is 1. The van der Waals surface area contributed by atoms with Crippen molar-refractivity contribution in [3.05, 3.63) is 59.2 Å². The van der Waals surface area contributed by atoms with Gasteiger partial charge in [-0.2, -0.15) is 0 Å². The number of nitrogens with zero attached hydrogens (tertiary/aromatic N) is 1. The number of fused-ring (bicyclic) bond motifs is 1. The van der Waals surface area contributed by atoms with Crippen molar-refractivity contribution < 1.29 is 28.8 Å². The van der Waals surface area contributed by atoms with Gasteiger partial charge in [-0.25, -0.2) is 0 Å². The number of benzene rings is 2. The van der Waals surface area contributed by atoms with Gasteiger partial charge in [0.15, 0.2) is 0 Å². The maximum absolute atomic E-state index is 10.9. The number of aliphatic hydroxyl groups excluding tert-OH is 1. The highest BCUT2D eigenvalue weighted by Crippen LogP contribution is 2.38. The van der Waals surface area contributed by atoms with Crippen molar-refractivity contribution in [3.8, 4) is 5.75 Å². The number of piperidine rings is 1. The molecule has 2 fully saturated rings. The molecule has 5 rings (SSSR count). The van der Waals surface area contributed by atoms with E-state index in [0.717, 1.165) is 60.7 Å². The normalized spacial score (nSPS) is 27.1. The number of methoxy groups -OCH3 is 2. The lowest BCUT2D eigenvalue weighted by Crippen LogP contribution is -2.49. The summed E-state index contributed by atoms with van der Waals surface area (Å²) in [5.74, 6) is 1.32. The van der Waals surface area contributed by atoms with E-state index >= 15 is 0 Å². The Morgan fingerprint density at radius 3 is 2.64 bits per heavy atom. The molecule has 6 atom stereocenters. The van der Waals surface area contributed by atoms with E-state index in [-0.39, 0.29) is 18.1 Å². The van der Waals surface area contributed by atoms with E-state index in [9.17, 15) is 5.11 Å². The molecule has 39 heavy (non-hydrogen) atoms. The van der Waals surface area contributed by atoms with Gasteiger partial charge in [-0.1, -0.05) is 30.3 Å². The molecule has 2 unspecified atom stereocenters. The van der Waals surface area contributed by atoms with E-state index in [0.29, 0.717) is 44.9 Å². The number of aliphatic hydroxyl groups is 1. The maximum Gasteiger partial charge on any atom is 0.142 e. The van der Waals surface area contributed by atoms with Gasteiger partial charge in [-0.15, -0.1) is 0 Å². The first-order chi connectivity index (χ1) is 19.1. The lowest BCUT2D eigenvalue weighted by atomic mass is 9.85. The molecule has 1 saturated heterocycles. The second kappa shape index (κ2) is 13.4. The van der Waals surface area contributed by atoms with Crippen LogP contribution in [-0.4, -0.2) is 83.1 Å². The van der Waals surface area contributed by atoms with Crippen molar-refractivity contribution >= 4 is 5.69 Å². The molecule has 2 aromatic carbocycles. The Bertz CT molecular complexity index is 1050. The first-order valence-electron chi connectivity index (χ1n) is 14.3. The minimum absolute atomic E-state index is 0.0967. The summed E-state index contributed by atoms with van der Waals surface area (Å²) < 4.78 is 29.1. The molecule has 8 heteroatoms. The van der Waals surface area contributed by atoms with Crippen molar-refractivity contribution in [1.82, 2.24) is 5.32 Å². The molecule has 2 aromatic rings. The lowest BCUT2D eigenvalue weighted by Gasteiger charge is -2.36. The molecule has 0 aromatic heterocycles. The van der Waals surface area contributed by atoms with E-state index < -0.39 is 6.10 Å². The van der Waals surface area contributed by atoms with Gasteiger partial charge < -0.3 is 39.0 Å². The monoisotopic (exact) mass is 540 g/mol. The summed E-state index contributed by atoms with van der Waals surface area (Å²) in [7, 11) is 3.51. The summed E-state index contributed by atoms with van der Waals surface area (Å²) in [6.45, 7) is 7.68. The molecule has 0 radical (unpaired) electrons. The van der Waals surface area contributed by atoms with Crippen LogP contribution < -0.4 is 15.0 Å². The van der Waals surface area contributed by atoms with Gasteiger partial charge in [0.25, 0.3) is 0 Å². The van der Waals surface area contributed by atoms with Gasteiger partial charge in [-0.3, -0.25) is 0 Å². The molecule has 3 aliphatic rings. The molecule has 1 saturated carbocycles. The number of ether oxygens (including phenoxy) is 5. The topological polar surface area (TPSA) is 81.7 Å². The second-order valence-corrected chi connectivity index (χ2v) is 11.0. The number of hydrogen-bond donors (Lipinski definition) is 2. The largest absolute Gasteiger partial charge is 0.490 e. The van der Waals surface area contributed by atoms with E-state index in [2.05, 4.69) is 53.5 Å². The summed E-state index contributed by atoms with van der Waals surface area (Å²) in [5.41, 5.74) is 4.44. The average molecular weight is 541 g/mol. The van der Waals surface area contributed by atoms with E-state index in [1.165, 1.54) is 0 Å². The molecule has 8 nitrogen and oxygen atoms in total. The predicted octanol–water partition coefficient (Wildman–Crippen LogP) is 3.50. The highest BCUT2D eigenvalue weighted by molar-refractivity contribution is 5.61. The molecule has 2 N–H and O–H groups in total. The van der Waals surface area contributed by atoms with Crippen LogP contribution in [0.25, 0.3) is 0 Å². The van der Waals surface area contributed by atoms with Crippen LogP contribution in [0, 0.1) is 5.92 Å². The van der Waals surface area contributed by atoms with E-state index in [1.54, 1.807) is 14.2 Å². The highest BCUT2D eigenvalue weighted by Gasteiger charge is 2.42. The zero-order valence-corrected chi connectivity index (χ0v) is 23.5. The van der Waals surface area contributed by atoms with E-state index in [4.69, 9.17) is 23.7 Å². The van der Waals surface area contributed by atoms with Gasteiger partial charge in [0.05, 0.1) is 49.9 Å². The maximum atomic E-state index is 10.9. The van der Waals surface area contributed by atoms with Crippen molar-refractivity contribution in [2.75, 3.05) is 58.5 Å². The van der Waals surface area contributed by atoms with Crippen LogP contribution in [0.15, 0.2) is 42.5 Å². The first-order valence-corrected chi connectivity index (χ1v) is 14.3. The van der Waals surface area contributed by atoms with Gasteiger partial charge in [-0.05, 0) is 48.6 Å². The van der Waals surface area contributed by atoms with Crippen molar-refractivity contribution in [2.45, 2.75) is 63.3 Å². The molecule has 0 spiro atoms. The fourth-order valence-corrected chi connectivity index (χ4v) is 5.86. The Labute approximate surface area is 232 Å². The Balaban J connectivity index is 1.19. The minimum atomic E-state index is -0.514. The SMILES string of the molecule is COCCCN1CCOc2ccc(CO[C@H]3CNC[C@@H](O)[C@@H]3c3ccc(COC(C)C4C[C@@H]4OC)cc3)cc21. The third kappa shape index (κ3) is 7.12. The van der Waals surface area contributed by atoms with Crippen LogP contribution in [0.5, 0.6) is 5.75 Å². The van der Waals surface area contributed by atoms with Gasteiger partial charge in [0.1, 0.15) is 12.4 Å².